The number of aliphatic hydroxyl groups excluding tert-OH is 2. The second kappa shape index (κ2) is 6.61. The Morgan fingerprint density at radius 2 is 2.00 bits per heavy atom. The Hall–Kier alpha value is -1.79. The average Bonchev–Trinajstić information content (AvgIpc) is 2.93. The lowest BCUT2D eigenvalue weighted by atomic mass is 9.46. The number of ketones is 2. The van der Waals surface area contributed by atoms with Crippen molar-refractivity contribution in [1.29, 1.82) is 0 Å². The third-order valence-electron chi connectivity index (χ3n) is 8.53. The highest BCUT2D eigenvalue weighted by Crippen LogP contribution is 2.67. The lowest BCUT2D eigenvalue weighted by Gasteiger charge is -2.59. The largest absolute Gasteiger partial charge is 0.451 e. The molecule has 0 aromatic heterocycles. The molecule has 4 rings (SSSR count). The molecule has 3 saturated carbocycles. The molecule has 0 saturated heterocycles. The molecular weight excluding hydrogens is 372 g/mol. The van der Waals surface area contributed by atoms with Gasteiger partial charge in [0.15, 0.2) is 11.4 Å². The quantitative estimate of drug-likeness (QED) is 0.702. The first-order valence-electron chi connectivity index (χ1n) is 10.5. The van der Waals surface area contributed by atoms with Crippen LogP contribution in [0.3, 0.4) is 0 Å². The first-order valence-corrected chi connectivity index (χ1v) is 10.5. The molecule has 29 heavy (non-hydrogen) atoms. The fraction of sp³-hybridized carbons (Fsp3) is 0.696. The average molecular weight is 402 g/mol. The zero-order chi connectivity index (χ0) is 21.2. The van der Waals surface area contributed by atoms with Gasteiger partial charge in [-0.2, -0.15) is 0 Å². The summed E-state index contributed by atoms with van der Waals surface area (Å²) >= 11 is 0. The van der Waals surface area contributed by atoms with E-state index < -0.39 is 35.5 Å². The van der Waals surface area contributed by atoms with E-state index in [0.717, 1.165) is 18.4 Å². The van der Waals surface area contributed by atoms with Gasteiger partial charge in [0.2, 0.25) is 5.78 Å². The van der Waals surface area contributed by atoms with E-state index in [1.54, 1.807) is 12.2 Å². The zero-order valence-corrected chi connectivity index (χ0v) is 17.3. The first-order chi connectivity index (χ1) is 13.6. The van der Waals surface area contributed by atoms with Gasteiger partial charge in [-0.05, 0) is 56.1 Å². The summed E-state index contributed by atoms with van der Waals surface area (Å²) in [5.74, 6) is -0.839. The number of fused-ring (bicyclic) bond motifs is 5. The standard InChI is InChI=1S/C23H30O6/c1-13(25)29-23(19(28)12-24)9-7-17-16-5-4-14-10-15(26)6-8-21(14,2)20(16)18(27)11-22(17,23)3/h6,8,10,16-18,20,24,27H,4-5,7,9,11-12H2,1-3H3/t16-,17-,18-,20+,21+,22+,23-/m1/s1. The Labute approximate surface area is 171 Å². The van der Waals surface area contributed by atoms with Gasteiger partial charge in [0, 0.05) is 23.7 Å². The van der Waals surface area contributed by atoms with E-state index in [-0.39, 0.29) is 29.0 Å². The normalized spacial score (nSPS) is 45.7. The molecule has 7 atom stereocenters. The topological polar surface area (TPSA) is 101 Å². The second-order valence-electron chi connectivity index (χ2n) is 9.75. The summed E-state index contributed by atoms with van der Waals surface area (Å²) in [6.45, 7) is 4.63. The van der Waals surface area contributed by atoms with Crippen molar-refractivity contribution in [2.24, 2.45) is 28.6 Å². The summed E-state index contributed by atoms with van der Waals surface area (Å²) in [7, 11) is 0. The SMILES string of the molecule is CC(=O)O[C@@]1(C(=O)CO)CC[C@@H]2[C@H]3CCC4=CC(=O)C=C[C@]4(C)[C@@H]3[C@H](O)C[C@@]21C. The minimum atomic E-state index is -1.39. The van der Waals surface area contributed by atoms with Crippen molar-refractivity contribution in [3.63, 3.8) is 0 Å². The molecule has 0 aromatic rings. The third kappa shape index (κ3) is 2.65. The maximum Gasteiger partial charge on any atom is 0.303 e. The minimum Gasteiger partial charge on any atom is -0.451 e. The number of rotatable bonds is 3. The molecule has 0 heterocycles. The van der Waals surface area contributed by atoms with E-state index in [9.17, 15) is 24.6 Å². The lowest BCUT2D eigenvalue weighted by Crippen LogP contribution is -2.62. The number of ether oxygens (including phenoxy) is 1. The van der Waals surface area contributed by atoms with Crippen molar-refractivity contribution in [1.82, 2.24) is 0 Å². The van der Waals surface area contributed by atoms with Gasteiger partial charge in [0.05, 0.1) is 6.10 Å². The van der Waals surface area contributed by atoms with E-state index in [1.807, 2.05) is 13.0 Å². The molecule has 6 nitrogen and oxygen atoms in total. The molecule has 2 N–H and O–H groups in total. The zero-order valence-electron chi connectivity index (χ0n) is 17.3. The first kappa shape index (κ1) is 20.5. The number of esters is 1. The Bertz CT molecular complexity index is 827. The van der Waals surface area contributed by atoms with Crippen molar-refractivity contribution in [3.8, 4) is 0 Å². The van der Waals surface area contributed by atoms with Crippen molar-refractivity contribution >= 4 is 17.5 Å². The highest BCUT2D eigenvalue weighted by Gasteiger charge is 2.70. The molecule has 6 heteroatoms. The van der Waals surface area contributed by atoms with Gasteiger partial charge < -0.3 is 14.9 Å². The van der Waals surface area contributed by atoms with E-state index in [2.05, 4.69) is 6.92 Å². The highest BCUT2D eigenvalue weighted by atomic mass is 16.6. The van der Waals surface area contributed by atoms with Crippen LogP contribution in [-0.2, 0) is 19.1 Å². The third-order valence-corrected chi connectivity index (χ3v) is 8.53. The molecule has 0 bridgehead atoms. The van der Waals surface area contributed by atoms with Gasteiger partial charge in [0.1, 0.15) is 6.61 Å². The molecule has 0 aromatic carbocycles. The maximum absolute atomic E-state index is 12.9. The summed E-state index contributed by atoms with van der Waals surface area (Å²) in [6, 6.07) is 0. The Balaban J connectivity index is 1.77. The van der Waals surface area contributed by atoms with Crippen LogP contribution in [-0.4, -0.2) is 46.1 Å². The van der Waals surface area contributed by atoms with Crippen LogP contribution in [0.2, 0.25) is 0 Å². The molecule has 0 spiro atoms. The summed E-state index contributed by atoms with van der Waals surface area (Å²) in [6.07, 6.45) is 7.56. The highest BCUT2D eigenvalue weighted by molar-refractivity contribution is 6.01. The van der Waals surface area contributed by atoms with E-state index in [0.29, 0.717) is 19.3 Å². The fourth-order valence-electron chi connectivity index (χ4n) is 7.37. The number of carbonyl (C=O) groups excluding carboxylic acids is 3. The van der Waals surface area contributed by atoms with E-state index >= 15 is 0 Å². The Morgan fingerprint density at radius 3 is 2.66 bits per heavy atom. The van der Waals surface area contributed by atoms with Crippen LogP contribution in [0.15, 0.2) is 23.8 Å². The summed E-state index contributed by atoms with van der Waals surface area (Å²) in [5.41, 5.74) is -1.43. The van der Waals surface area contributed by atoms with Crippen LogP contribution in [0.5, 0.6) is 0 Å². The minimum absolute atomic E-state index is 0.00523. The van der Waals surface area contributed by atoms with Gasteiger partial charge in [-0.25, -0.2) is 0 Å². The van der Waals surface area contributed by atoms with Gasteiger partial charge in [0.25, 0.3) is 0 Å². The summed E-state index contributed by atoms with van der Waals surface area (Å²) < 4.78 is 5.67. The molecule has 0 amide bonds. The second-order valence-corrected chi connectivity index (χ2v) is 9.75. The number of allylic oxidation sites excluding steroid dienone is 4. The van der Waals surface area contributed by atoms with Crippen molar-refractivity contribution < 1.29 is 29.3 Å². The number of Topliss-reactive ketones (excluding diaryl/α,β-unsaturated/α-hetero) is 1. The molecule has 4 aliphatic rings. The van der Waals surface area contributed by atoms with E-state index in [1.165, 1.54) is 6.92 Å². The van der Waals surface area contributed by atoms with Crippen molar-refractivity contribution in [3.05, 3.63) is 23.8 Å². The van der Waals surface area contributed by atoms with Crippen LogP contribution < -0.4 is 0 Å². The van der Waals surface area contributed by atoms with Crippen LogP contribution in [0.25, 0.3) is 0 Å². The molecule has 158 valence electrons. The van der Waals surface area contributed by atoms with Gasteiger partial charge in [-0.15, -0.1) is 0 Å². The Kier molecular flexibility index (Phi) is 4.67. The molecule has 0 radical (unpaired) electrons. The van der Waals surface area contributed by atoms with Crippen LogP contribution in [0, 0.1) is 28.6 Å². The number of hydrogen-bond donors (Lipinski definition) is 2. The molecule has 4 aliphatic carbocycles. The van der Waals surface area contributed by atoms with Crippen LogP contribution in [0.4, 0.5) is 0 Å². The van der Waals surface area contributed by atoms with Crippen molar-refractivity contribution in [2.75, 3.05) is 6.61 Å². The summed E-state index contributed by atoms with van der Waals surface area (Å²) in [5, 5.41) is 21.0. The van der Waals surface area contributed by atoms with Crippen LogP contribution >= 0.6 is 0 Å². The maximum atomic E-state index is 12.9. The summed E-state index contributed by atoms with van der Waals surface area (Å²) in [4.78, 5) is 36.7. The number of aliphatic hydroxyl groups is 2. The smallest absolute Gasteiger partial charge is 0.303 e. The number of hydrogen-bond acceptors (Lipinski definition) is 6. The lowest BCUT2D eigenvalue weighted by molar-refractivity contribution is -0.198. The molecule has 0 aliphatic heterocycles. The van der Waals surface area contributed by atoms with Gasteiger partial charge in [-0.1, -0.05) is 25.5 Å². The molecule has 0 unspecified atom stereocenters. The van der Waals surface area contributed by atoms with E-state index in [4.69, 9.17) is 4.74 Å². The monoisotopic (exact) mass is 402 g/mol. The number of carbonyl (C=O) groups is 3. The fourth-order valence-corrected chi connectivity index (χ4v) is 7.37. The van der Waals surface area contributed by atoms with Gasteiger partial charge in [-0.3, -0.25) is 14.4 Å². The Morgan fingerprint density at radius 1 is 1.28 bits per heavy atom. The predicted molar refractivity (Wildman–Crippen MR) is 105 cm³/mol. The van der Waals surface area contributed by atoms with Crippen molar-refractivity contribution in [2.45, 2.75) is 64.6 Å². The van der Waals surface area contributed by atoms with Gasteiger partial charge >= 0.3 is 5.97 Å². The van der Waals surface area contributed by atoms with Crippen LogP contribution in [0.1, 0.15) is 52.9 Å². The predicted octanol–water partition coefficient (Wildman–Crippen LogP) is 2.13. The molecular formula is C23H30O6. The molecule has 3 fully saturated rings.